The minimum Gasteiger partial charge on any atom is -0.404 e. The molecule has 3 atom stereocenters. The van der Waals surface area contributed by atoms with Crippen molar-refractivity contribution in [2.24, 2.45) is 5.73 Å². The molecule has 1 aliphatic carbocycles. The summed E-state index contributed by atoms with van der Waals surface area (Å²) in [5.74, 6) is -1.59. The minimum absolute atomic E-state index is 0.204. The molecule has 0 radical (unpaired) electrons. The van der Waals surface area contributed by atoms with E-state index in [1.54, 1.807) is 6.08 Å². The van der Waals surface area contributed by atoms with E-state index in [0.29, 0.717) is 30.0 Å². The number of nitrogens with one attached hydrogen (secondary N) is 4. The Balaban J connectivity index is 1.78. The molecule has 2 aromatic rings. The van der Waals surface area contributed by atoms with E-state index >= 15 is 0 Å². The Hall–Kier alpha value is -4.39. The van der Waals surface area contributed by atoms with Gasteiger partial charge < -0.3 is 27.1 Å². The molecule has 3 unspecified atom stereocenters. The molecule has 1 aliphatic rings. The fourth-order valence-electron chi connectivity index (χ4n) is 4.41. The number of H-pyrrole nitrogens is 2. The maximum atomic E-state index is 13.8. The number of nitrogen functional groups attached to an aromatic ring is 1. The van der Waals surface area contributed by atoms with Crippen LogP contribution in [0.4, 0.5) is 27.8 Å². The van der Waals surface area contributed by atoms with E-state index in [0.717, 1.165) is 22.8 Å². The molecule has 0 saturated carbocycles. The van der Waals surface area contributed by atoms with Crippen LogP contribution < -0.4 is 27.8 Å². The fraction of sp³-hybridized carbons (Fsp3) is 0.333. The second-order valence-electron chi connectivity index (χ2n) is 10.1. The van der Waals surface area contributed by atoms with Crippen molar-refractivity contribution in [1.82, 2.24) is 20.6 Å². The molecule has 43 heavy (non-hydrogen) atoms. The number of alkyl halides is 4. The number of benzene rings is 1. The third-order valence-corrected chi connectivity index (χ3v) is 6.98. The molecule has 8 N–H and O–H groups in total. The lowest BCUT2D eigenvalue weighted by molar-refractivity contribution is -0.118. The van der Waals surface area contributed by atoms with Crippen LogP contribution in [0.15, 0.2) is 76.0 Å². The molecule has 0 fully saturated rings. The molecule has 1 heterocycles. The average molecular weight is 607 g/mol. The van der Waals surface area contributed by atoms with E-state index < -0.39 is 47.4 Å². The van der Waals surface area contributed by atoms with Crippen LogP contribution in [-0.4, -0.2) is 40.3 Å². The predicted octanol–water partition coefficient (Wildman–Crippen LogP) is 5.07. The summed E-state index contributed by atoms with van der Waals surface area (Å²) < 4.78 is 67.8. The monoisotopic (exact) mass is 606 g/mol. The lowest BCUT2D eigenvalue weighted by Gasteiger charge is -2.23. The molecule has 232 valence electrons. The van der Waals surface area contributed by atoms with Crippen molar-refractivity contribution in [3.8, 4) is 0 Å². The zero-order chi connectivity index (χ0) is 31.9. The summed E-state index contributed by atoms with van der Waals surface area (Å²) in [6.45, 7) is 5.20. The first-order valence-corrected chi connectivity index (χ1v) is 13.6. The van der Waals surface area contributed by atoms with Crippen LogP contribution >= 0.6 is 0 Å². The highest BCUT2D eigenvalue weighted by atomic mass is 19.4. The van der Waals surface area contributed by atoms with Gasteiger partial charge >= 0.3 is 11.9 Å². The molecular weight excluding hydrogens is 571 g/mol. The Morgan fingerprint density at radius 3 is 2.40 bits per heavy atom. The average Bonchev–Trinajstić information content (AvgIpc) is 3.27. The maximum Gasteiger partial charge on any atom is 0.417 e. The Morgan fingerprint density at radius 1 is 1.19 bits per heavy atom. The number of imidazole rings is 1. The van der Waals surface area contributed by atoms with Crippen LogP contribution in [0.25, 0.3) is 11.6 Å². The summed E-state index contributed by atoms with van der Waals surface area (Å²) in [7, 11) is 0. The largest absolute Gasteiger partial charge is 0.417 e. The van der Waals surface area contributed by atoms with Gasteiger partial charge in [-0.3, -0.25) is 9.78 Å². The molecule has 8 nitrogen and oxygen atoms in total. The Morgan fingerprint density at radius 2 is 1.86 bits per heavy atom. The van der Waals surface area contributed by atoms with E-state index in [1.165, 1.54) is 19.9 Å². The number of nitrogens with two attached hydrogens (primary N) is 2. The van der Waals surface area contributed by atoms with Crippen molar-refractivity contribution in [1.29, 1.82) is 0 Å². The number of rotatable bonds is 11. The zero-order valence-corrected chi connectivity index (χ0v) is 23.9. The highest BCUT2D eigenvalue weighted by molar-refractivity contribution is 5.95. The van der Waals surface area contributed by atoms with Crippen LogP contribution in [0.5, 0.6) is 0 Å². The summed E-state index contributed by atoms with van der Waals surface area (Å²) in [4.78, 5) is 29.8. The standard InChI is InChI=1S/C30H35F5N6O2/c1-4-19(12-26-27(37)41-29(43)40-26)20-7-5-18(6-8-20)15-38-17(3)23(13-22(14-36)30(33,34)35)28(42)39-16(2)21-9-10-24(31)25(32)11-21/h5-9,11-14,16-17,24,38H,4,10,15,36-37H2,1-3H3,(H,39,42)(H2,40,41,43)/b19-12+,22-14+,23-13+. The van der Waals surface area contributed by atoms with Gasteiger partial charge in [-0.05, 0) is 60.8 Å². The molecule has 0 aliphatic heterocycles. The van der Waals surface area contributed by atoms with Crippen molar-refractivity contribution >= 4 is 23.4 Å². The van der Waals surface area contributed by atoms with Crippen LogP contribution in [0.3, 0.4) is 0 Å². The number of allylic oxidation sites excluding steroid dienone is 5. The first-order chi connectivity index (χ1) is 20.2. The predicted molar refractivity (Wildman–Crippen MR) is 158 cm³/mol. The fourth-order valence-corrected chi connectivity index (χ4v) is 4.41. The number of aromatic amines is 2. The molecule has 0 saturated heterocycles. The number of carbonyl (C=O) groups is 1. The van der Waals surface area contributed by atoms with E-state index in [2.05, 4.69) is 20.6 Å². The summed E-state index contributed by atoms with van der Waals surface area (Å²) in [5, 5.41) is 5.64. The number of carbonyl (C=O) groups excluding carboxylic acids is 1. The summed E-state index contributed by atoms with van der Waals surface area (Å²) >= 11 is 0. The molecule has 3 rings (SSSR count). The van der Waals surface area contributed by atoms with E-state index in [4.69, 9.17) is 11.5 Å². The second kappa shape index (κ2) is 14.2. The van der Waals surface area contributed by atoms with Crippen LogP contribution in [-0.2, 0) is 11.3 Å². The molecule has 13 heteroatoms. The molecule has 1 aromatic carbocycles. The molecule has 1 amide bonds. The van der Waals surface area contributed by atoms with Gasteiger partial charge in [-0.2, -0.15) is 13.2 Å². The zero-order valence-electron chi connectivity index (χ0n) is 23.9. The number of anilines is 1. The van der Waals surface area contributed by atoms with Crippen molar-refractivity contribution in [3.63, 3.8) is 0 Å². The van der Waals surface area contributed by atoms with Crippen LogP contribution in [0, 0.1) is 0 Å². The normalized spacial score (nSPS) is 18.1. The molecule has 0 spiro atoms. The van der Waals surface area contributed by atoms with E-state index in [1.807, 2.05) is 31.2 Å². The Bertz CT molecular complexity index is 1510. The van der Waals surface area contributed by atoms with Gasteiger partial charge in [-0.25, -0.2) is 13.6 Å². The smallest absolute Gasteiger partial charge is 0.404 e. The highest BCUT2D eigenvalue weighted by Gasteiger charge is 2.34. The third-order valence-electron chi connectivity index (χ3n) is 6.98. The van der Waals surface area contributed by atoms with Crippen molar-refractivity contribution in [3.05, 3.63) is 98.5 Å². The lowest BCUT2D eigenvalue weighted by atomic mass is 9.98. The van der Waals surface area contributed by atoms with Gasteiger partial charge in [0.25, 0.3) is 0 Å². The van der Waals surface area contributed by atoms with Crippen LogP contribution in [0.1, 0.15) is 50.4 Å². The van der Waals surface area contributed by atoms with E-state index in [9.17, 15) is 31.5 Å². The first-order valence-electron chi connectivity index (χ1n) is 13.6. The summed E-state index contributed by atoms with van der Waals surface area (Å²) in [6.07, 6.45) is -0.919. The molecule has 1 aromatic heterocycles. The topological polar surface area (TPSA) is 142 Å². The quantitative estimate of drug-likeness (QED) is 0.120. The highest BCUT2D eigenvalue weighted by Crippen LogP contribution is 2.28. The minimum atomic E-state index is -4.81. The second-order valence-corrected chi connectivity index (χ2v) is 10.1. The number of halogens is 5. The van der Waals surface area contributed by atoms with Gasteiger partial charge in [0, 0.05) is 30.8 Å². The number of aromatic nitrogens is 2. The van der Waals surface area contributed by atoms with Crippen molar-refractivity contribution < 1.29 is 26.7 Å². The number of hydrogen-bond donors (Lipinski definition) is 6. The van der Waals surface area contributed by atoms with Gasteiger partial charge in [-0.15, -0.1) is 0 Å². The Kier molecular flexibility index (Phi) is 10.9. The van der Waals surface area contributed by atoms with Crippen molar-refractivity contribution in [2.75, 3.05) is 5.73 Å². The maximum absolute atomic E-state index is 13.8. The first kappa shape index (κ1) is 33.1. The third kappa shape index (κ3) is 8.80. The van der Waals surface area contributed by atoms with Crippen LogP contribution in [0.2, 0.25) is 0 Å². The van der Waals surface area contributed by atoms with Gasteiger partial charge in [-0.1, -0.05) is 37.3 Å². The van der Waals surface area contributed by atoms with Gasteiger partial charge in [0.2, 0.25) is 5.91 Å². The molecule has 0 bridgehead atoms. The summed E-state index contributed by atoms with van der Waals surface area (Å²) in [6, 6.07) is 5.69. The Labute approximate surface area is 245 Å². The van der Waals surface area contributed by atoms with Gasteiger partial charge in [0.15, 0.2) is 6.17 Å². The number of amides is 1. The van der Waals surface area contributed by atoms with Gasteiger partial charge in [0.05, 0.1) is 17.3 Å². The van der Waals surface area contributed by atoms with Crippen molar-refractivity contribution in [2.45, 2.75) is 64.6 Å². The lowest BCUT2D eigenvalue weighted by Crippen LogP contribution is -2.41. The van der Waals surface area contributed by atoms with Gasteiger partial charge in [0.1, 0.15) is 11.6 Å². The summed E-state index contributed by atoms with van der Waals surface area (Å²) in [5.41, 5.74) is 12.5. The number of hydrogen-bond acceptors (Lipinski definition) is 5. The SMILES string of the molecule is CC/C(=C\c1[nH]c(=O)[nH]c1N)c1ccc(CNC(C)/C(=C\C(=C/N)C(F)(F)F)C(=O)NC(C)C2=CCC(F)C(F)=C2)cc1. The van der Waals surface area contributed by atoms with E-state index in [-0.39, 0.29) is 24.4 Å². The molecular formula is C30H35F5N6O2.